The molecule has 6 nitrogen and oxygen atoms in total. The molecule has 138 valence electrons. The second-order valence-corrected chi connectivity index (χ2v) is 6.06. The third-order valence-corrected chi connectivity index (χ3v) is 3.99. The van der Waals surface area contributed by atoms with E-state index in [2.05, 4.69) is 5.32 Å². The third-order valence-electron chi connectivity index (χ3n) is 3.99. The fourth-order valence-electron chi connectivity index (χ4n) is 2.48. The molecule has 1 amide bonds. The lowest BCUT2D eigenvalue weighted by atomic mass is 10.1. The molecule has 0 spiro atoms. The van der Waals surface area contributed by atoms with Crippen LogP contribution in [0.1, 0.15) is 21.7 Å². The lowest BCUT2D eigenvalue weighted by molar-refractivity contribution is -0.255. The zero-order chi connectivity index (χ0) is 20.1. The molecular weight excluding hydrogens is 356 g/mol. The van der Waals surface area contributed by atoms with Gasteiger partial charge in [-0.2, -0.15) is 5.26 Å². The van der Waals surface area contributed by atoms with Gasteiger partial charge in [0.15, 0.2) is 0 Å². The number of furan rings is 1. The van der Waals surface area contributed by atoms with Crippen molar-refractivity contribution in [3.63, 3.8) is 0 Å². The molecule has 3 aromatic rings. The quantitative estimate of drug-likeness (QED) is 0.548. The predicted octanol–water partition coefficient (Wildman–Crippen LogP) is 3.16. The van der Waals surface area contributed by atoms with Crippen molar-refractivity contribution in [3.05, 3.63) is 83.1 Å². The number of carbonyl (C=O) groups excluding carboxylic acids is 2. The molecule has 3 rings (SSSR count). The number of hydrogen-bond acceptors (Lipinski definition) is 5. The first kappa shape index (κ1) is 18.7. The molecule has 1 heterocycles. The van der Waals surface area contributed by atoms with Crippen LogP contribution in [0.5, 0.6) is 0 Å². The van der Waals surface area contributed by atoms with Gasteiger partial charge in [0.1, 0.15) is 23.2 Å². The van der Waals surface area contributed by atoms with Gasteiger partial charge in [-0.25, -0.2) is 0 Å². The van der Waals surface area contributed by atoms with Gasteiger partial charge in [0, 0.05) is 17.3 Å². The van der Waals surface area contributed by atoms with Crippen LogP contribution in [0.25, 0.3) is 17.4 Å². The van der Waals surface area contributed by atoms with Gasteiger partial charge in [-0.3, -0.25) is 4.79 Å². The fourth-order valence-corrected chi connectivity index (χ4v) is 2.48. The highest BCUT2D eigenvalue weighted by Gasteiger charge is 2.11. The van der Waals surface area contributed by atoms with Gasteiger partial charge in [-0.1, -0.05) is 42.0 Å². The fraction of sp³-hybridized carbons (Fsp3) is 0.0455. The van der Waals surface area contributed by atoms with Crippen molar-refractivity contribution in [1.82, 2.24) is 0 Å². The summed E-state index contributed by atoms with van der Waals surface area (Å²) < 4.78 is 5.70. The van der Waals surface area contributed by atoms with Crippen LogP contribution in [0.3, 0.4) is 0 Å². The summed E-state index contributed by atoms with van der Waals surface area (Å²) in [6.07, 6.45) is 1.35. The summed E-state index contributed by atoms with van der Waals surface area (Å²) in [7, 11) is 0. The number of nitrogens with zero attached hydrogens (tertiary/aromatic N) is 1. The largest absolute Gasteiger partial charge is 0.545 e. The van der Waals surface area contributed by atoms with E-state index < -0.39 is 11.9 Å². The van der Waals surface area contributed by atoms with Crippen molar-refractivity contribution in [2.45, 2.75) is 6.92 Å². The van der Waals surface area contributed by atoms with Crippen LogP contribution in [-0.4, -0.2) is 11.9 Å². The van der Waals surface area contributed by atoms with Crippen LogP contribution in [0.2, 0.25) is 0 Å². The second kappa shape index (κ2) is 8.06. The van der Waals surface area contributed by atoms with Crippen molar-refractivity contribution in [3.8, 4) is 17.4 Å². The molecule has 0 saturated heterocycles. The molecule has 2 aromatic carbocycles. The predicted molar refractivity (Wildman–Crippen MR) is 102 cm³/mol. The first-order chi connectivity index (χ1) is 13.5. The summed E-state index contributed by atoms with van der Waals surface area (Å²) in [5.74, 6) is -0.939. The van der Waals surface area contributed by atoms with Crippen LogP contribution in [0.15, 0.2) is 70.7 Å². The SMILES string of the molecule is Cc1ccc(-c2ccc(/C=C(/C#N)C(=O)Nc3ccc(C(=O)[O-])cc3)o2)cc1. The zero-order valence-electron chi connectivity index (χ0n) is 14.9. The summed E-state index contributed by atoms with van der Waals surface area (Å²) >= 11 is 0. The molecule has 0 aliphatic rings. The number of aryl methyl sites for hydroxylation is 1. The highest BCUT2D eigenvalue weighted by Crippen LogP contribution is 2.24. The standard InChI is InChI=1S/C22H16N2O4/c1-14-2-4-15(5-3-14)20-11-10-19(28-20)12-17(13-23)21(25)24-18-8-6-16(7-9-18)22(26)27/h2-12H,1H3,(H,24,25)(H,26,27)/p-1/b17-12-. The molecule has 28 heavy (non-hydrogen) atoms. The first-order valence-electron chi connectivity index (χ1n) is 8.37. The van der Waals surface area contributed by atoms with E-state index in [4.69, 9.17) is 4.42 Å². The molecule has 1 aromatic heterocycles. The summed E-state index contributed by atoms with van der Waals surface area (Å²) in [5.41, 5.74) is 2.23. The average Bonchev–Trinajstić information content (AvgIpc) is 3.15. The Morgan fingerprint density at radius 3 is 2.32 bits per heavy atom. The summed E-state index contributed by atoms with van der Waals surface area (Å²) in [4.78, 5) is 23.1. The minimum absolute atomic E-state index is 0.00623. The second-order valence-electron chi connectivity index (χ2n) is 6.06. The van der Waals surface area contributed by atoms with Gasteiger partial charge in [0.25, 0.3) is 5.91 Å². The maximum Gasteiger partial charge on any atom is 0.266 e. The minimum Gasteiger partial charge on any atom is -0.545 e. The van der Waals surface area contributed by atoms with Gasteiger partial charge >= 0.3 is 0 Å². The van der Waals surface area contributed by atoms with Crippen LogP contribution in [0.4, 0.5) is 5.69 Å². The summed E-state index contributed by atoms with van der Waals surface area (Å²) in [5, 5.41) is 22.6. The van der Waals surface area contributed by atoms with E-state index in [9.17, 15) is 20.0 Å². The van der Waals surface area contributed by atoms with Gasteiger partial charge in [0.05, 0.1) is 5.97 Å². The molecule has 0 atom stereocenters. The minimum atomic E-state index is -1.31. The highest BCUT2D eigenvalue weighted by molar-refractivity contribution is 6.09. The van der Waals surface area contributed by atoms with E-state index in [1.165, 1.54) is 30.3 Å². The number of carboxylic acids is 1. The van der Waals surface area contributed by atoms with Crippen LogP contribution < -0.4 is 10.4 Å². The number of carbonyl (C=O) groups is 2. The maximum atomic E-state index is 12.3. The number of rotatable bonds is 5. The Bertz CT molecular complexity index is 1080. The van der Waals surface area contributed by atoms with Crippen LogP contribution in [0, 0.1) is 18.3 Å². The number of anilines is 1. The summed E-state index contributed by atoms with van der Waals surface area (Å²) in [6.45, 7) is 1.99. The molecule has 0 radical (unpaired) electrons. The Balaban J connectivity index is 1.76. The van der Waals surface area contributed by atoms with E-state index in [0.29, 0.717) is 17.2 Å². The number of hydrogen-bond donors (Lipinski definition) is 1. The van der Waals surface area contributed by atoms with Crippen molar-refractivity contribution in [1.29, 1.82) is 5.26 Å². The van der Waals surface area contributed by atoms with Crippen molar-refractivity contribution in [2.75, 3.05) is 5.32 Å². The molecule has 6 heteroatoms. The Kier molecular flexibility index (Phi) is 5.38. The van der Waals surface area contributed by atoms with Crippen LogP contribution in [-0.2, 0) is 4.79 Å². The molecule has 0 saturated carbocycles. The van der Waals surface area contributed by atoms with Crippen molar-refractivity contribution >= 4 is 23.6 Å². The lowest BCUT2D eigenvalue weighted by Gasteiger charge is -2.06. The topological polar surface area (TPSA) is 106 Å². The van der Waals surface area contributed by atoms with Crippen molar-refractivity contribution < 1.29 is 19.1 Å². The lowest BCUT2D eigenvalue weighted by Crippen LogP contribution is -2.22. The van der Waals surface area contributed by atoms with E-state index in [0.717, 1.165) is 11.1 Å². The van der Waals surface area contributed by atoms with E-state index in [-0.39, 0.29) is 11.1 Å². The van der Waals surface area contributed by atoms with Gasteiger partial charge in [-0.15, -0.1) is 0 Å². The van der Waals surface area contributed by atoms with Gasteiger partial charge < -0.3 is 19.6 Å². The van der Waals surface area contributed by atoms with Gasteiger partial charge in [0.2, 0.25) is 0 Å². The maximum absolute atomic E-state index is 12.3. The number of benzene rings is 2. The normalized spacial score (nSPS) is 10.9. The van der Waals surface area contributed by atoms with E-state index in [1.54, 1.807) is 12.1 Å². The van der Waals surface area contributed by atoms with E-state index >= 15 is 0 Å². The number of carboxylic acid groups (broad SMARTS) is 1. The number of nitriles is 1. The number of aromatic carboxylic acids is 1. The van der Waals surface area contributed by atoms with Gasteiger partial charge in [-0.05, 0) is 36.8 Å². The molecule has 0 aliphatic heterocycles. The number of amides is 1. The molecular formula is C22H15N2O4-. The average molecular weight is 371 g/mol. The smallest absolute Gasteiger partial charge is 0.266 e. The molecule has 0 bridgehead atoms. The highest BCUT2D eigenvalue weighted by atomic mass is 16.4. The van der Waals surface area contributed by atoms with Crippen LogP contribution >= 0.6 is 0 Å². The molecule has 0 aliphatic carbocycles. The monoisotopic (exact) mass is 371 g/mol. The third kappa shape index (κ3) is 4.34. The summed E-state index contributed by atoms with van der Waals surface area (Å²) in [6, 6.07) is 18.5. The molecule has 0 unspecified atom stereocenters. The Labute approximate surface area is 161 Å². The molecule has 1 N–H and O–H groups in total. The molecule has 0 fully saturated rings. The Morgan fingerprint density at radius 2 is 1.71 bits per heavy atom. The van der Waals surface area contributed by atoms with E-state index in [1.807, 2.05) is 37.3 Å². The van der Waals surface area contributed by atoms with Crippen molar-refractivity contribution in [2.24, 2.45) is 0 Å². The Morgan fingerprint density at radius 1 is 1.04 bits per heavy atom. The Hall–Kier alpha value is -4.11. The zero-order valence-corrected chi connectivity index (χ0v) is 14.9. The first-order valence-corrected chi connectivity index (χ1v) is 8.37. The number of nitrogens with one attached hydrogen (secondary N) is 1.